The quantitative estimate of drug-likeness (QED) is 0.826. The van der Waals surface area contributed by atoms with Gasteiger partial charge >= 0.3 is 0 Å². The van der Waals surface area contributed by atoms with Crippen LogP contribution in [0.25, 0.3) is 0 Å². The largest absolute Gasteiger partial charge is 0.293 e. The van der Waals surface area contributed by atoms with Gasteiger partial charge in [-0.3, -0.25) is 4.90 Å². The molecular weight excluding hydrogens is 356 g/mol. The number of fused-ring (bicyclic) bond motifs is 1. The van der Waals surface area contributed by atoms with Gasteiger partial charge in [-0.1, -0.05) is 41.9 Å². The number of benzene rings is 2. The summed E-state index contributed by atoms with van der Waals surface area (Å²) in [6, 6.07) is 13.8. The van der Waals surface area contributed by atoms with Crippen molar-refractivity contribution in [2.24, 2.45) is 0 Å². The molecule has 0 atom stereocenters. The molecule has 0 aliphatic carbocycles. The second-order valence-corrected chi connectivity index (χ2v) is 9.22. The lowest BCUT2D eigenvalue weighted by Gasteiger charge is -2.46. The molecular formula is C19H21ClN2O2S. The molecule has 0 N–H and O–H groups in total. The maximum Gasteiger partial charge on any atom is 0.243 e. The van der Waals surface area contributed by atoms with E-state index in [2.05, 4.69) is 29.2 Å². The predicted molar refractivity (Wildman–Crippen MR) is 99.3 cm³/mol. The fraction of sp³-hybridized carbons (Fsp3) is 0.368. The van der Waals surface area contributed by atoms with E-state index in [0.29, 0.717) is 29.0 Å². The maximum absolute atomic E-state index is 12.9. The van der Waals surface area contributed by atoms with Crippen LogP contribution in [0.1, 0.15) is 16.7 Å². The first kappa shape index (κ1) is 17.0. The summed E-state index contributed by atoms with van der Waals surface area (Å²) >= 11 is 6.00. The monoisotopic (exact) mass is 376 g/mol. The molecule has 4 nitrogen and oxygen atoms in total. The van der Waals surface area contributed by atoms with Crippen LogP contribution in [0, 0.1) is 6.92 Å². The number of aryl methyl sites for hydroxylation is 1. The average Bonchev–Trinajstić information content (AvgIpc) is 2.55. The van der Waals surface area contributed by atoms with Gasteiger partial charge in [0, 0.05) is 37.2 Å². The second kappa shape index (κ2) is 6.40. The van der Waals surface area contributed by atoms with E-state index in [1.807, 2.05) is 6.92 Å². The first-order chi connectivity index (χ1) is 11.9. The van der Waals surface area contributed by atoms with Crippen LogP contribution in [0.5, 0.6) is 0 Å². The summed E-state index contributed by atoms with van der Waals surface area (Å²) in [6.07, 6.45) is 1.03. The Morgan fingerprint density at radius 1 is 1.08 bits per heavy atom. The van der Waals surface area contributed by atoms with Gasteiger partial charge in [0.25, 0.3) is 0 Å². The van der Waals surface area contributed by atoms with Crippen LogP contribution in [0.15, 0.2) is 47.4 Å². The second-order valence-electron chi connectivity index (χ2n) is 6.87. The maximum atomic E-state index is 12.9. The molecule has 0 aromatic heterocycles. The van der Waals surface area contributed by atoms with Crippen LogP contribution < -0.4 is 0 Å². The highest BCUT2D eigenvalue weighted by atomic mass is 35.5. The number of hydrogen-bond acceptors (Lipinski definition) is 3. The van der Waals surface area contributed by atoms with Gasteiger partial charge in [-0.2, -0.15) is 4.31 Å². The van der Waals surface area contributed by atoms with Gasteiger partial charge in [0.2, 0.25) is 10.0 Å². The molecule has 6 heteroatoms. The van der Waals surface area contributed by atoms with E-state index < -0.39 is 10.0 Å². The van der Waals surface area contributed by atoms with Crippen molar-refractivity contribution in [3.05, 3.63) is 64.2 Å². The van der Waals surface area contributed by atoms with Gasteiger partial charge in [0.1, 0.15) is 0 Å². The number of halogens is 1. The highest BCUT2D eigenvalue weighted by molar-refractivity contribution is 7.89. The Balaban J connectivity index is 1.46. The van der Waals surface area contributed by atoms with Crippen LogP contribution in [0.2, 0.25) is 5.02 Å². The smallest absolute Gasteiger partial charge is 0.243 e. The molecule has 2 aromatic carbocycles. The van der Waals surface area contributed by atoms with Gasteiger partial charge in [0.05, 0.1) is 4.90 Å². The Morgan fingerprint density at radius 2 is 1.80 bits per heavy atom. The lowest BCUT2D eigenvalue weighted by Crippen LogP contribution is -2.61. The zero-order valence-electron chi connectivity index (χ0n) is 14.2. The zero-order chi connectivity index (χ0) is 17.6. The summed E-state index contributed by atoms with van der Waals surface area (Å²) < 4.78 is 27.3. The highest BCUT2D eigenvalue weighted by Crippen LogP contribution is 2.30. The fourth-order valence-corrected chi connectivity index (χ4v) is 5.67. The summed E-state index contributed by atoms with van der Waals surface area (Å²) in [4.78, 5) is 2.72. The first-order valence-corrected chi connectivity index (χ1v) is 10.3. The fourth-order valence-electron chi connectivity index (χ4n) is 3.66. The van der Waals surface area contributed by atoms with E-state index in [1.54, 1.807) is 22.5 Å². The molecule has 0 spiro atoms. The van der Waals surface area contributed by atoms with Crippen molar-refractivity contribution in [1.82, 2.24) is 9.21 Å². The topological polar surface area (TPSA) is 40.6 Å². The van der Waals surface area contributed by atoms with Crippen molar-refractivity contribution < 1.29 is 8.42 Å². The molecule has 1 saturated heterocycles. The van der Waals surface area contributed by atoms with Gasteiger partial charge in [-0.05, 0) is 42.2 Å². The van der Waals surface area contributed by atoms with E-state index >= 15 is 0 Å². The lowest BCUT2D eigenvalue weighted by molar-refractivity contribution is 0.0769. The van der Waals surface area contributed by atoms with E-state index in [4.69, 9.17) is 11.6 Å². The zero-order valence-corrected chi connectivity index (χ0v) is 15.7. The van der Waals surface area contributed by atoms with Crippen molar-refractivity contribution in [2.75, 3.05) is 19.6 Å². The van der Waals surface area contributed by atoms with E-state index in [0.717, 1.165) is 25.1 Å². The molecule has 0 radical (unpaired) electrons. The van der Waals surface area contributed by atoms with Crippen molar-refractivity contribution >= 4 is 21.6 Å². The summed E-state index contributed by atoms with van der Waals surface area (Å²) in [7, 11) is -3.47. The van der Waals surface area contributed by atoms with Crippen molar-refractivity contribution in [2.45, 2.75) is 30.8 Å². The third-order valence-corrected chi connectivity index (χ3v) is 7.48. The van der Waals surface area contributed by atoms with Crippen LogP contribution in [-0.4, -0.2) is 43.3 Å². The molecule has 2 aromatic rings. The Kier molecular flexibility index (Phi) is 4.36. The molecule has 0 saturated carbocycles. The number of hydrogen-bond donors (Lipinski definition) is 0. The van der Waals surface area contributed by atoms with E-state index in [1.165, 1.54) is 11.1 Å². The van der Waals surface area contributed by atoms with Crippen LogP contribution in [-0.2, 0) is 23.0 Å². The Morgan fingerprint density at radius 3 is 2.56 bits per heavy atom. The van der Waals surface area contributed by atoms with Gasteiger partial charge in [-0.15, -0.1) is 0 Å². The highest BCUT2D eigenvalue weighted by Gasteiger charge is 2.40. The Bertz CT molecular complexity index is 907. The third-order valence-electron chi connectivity index (χ3n) is 5.27. The van der Waals surface area contributed by atoms with Crippen molar-refractivity contribution in [1.29, 1.82) is 0 Å². The van der Waals surface area contributed by atoms with Crippen molar-refractivity contribution in [3.63, 3.8) is 0 Å². The molecule has 0 amide bonds. The Hall–Kier alpha value is -1.40. The minimum atomic E-state index is -3.47. The standard InChI is InChI=1S/C19H21ClN2O2S/c1-14-6-7-17(20)10-19(14)25(23,24)22-12-18(13-22)21-9-8-15-4-2-3-5-16(15)11-21/h2-7,10,18H,8-9,11-13H2,1H3. The van der Waals surface area contributed by atoms with Crippen LogP contribution in [0.3, 0.4) is 0 Å². The number of nitrogens with zero attached hydrogens (tertiary/aromatic N) is 2. The van der Waals surface area contributed by atoms with E-state index in [9.17, 15) is 8.42 Å². The molecule has 0 unspecified atom stereocenters. The molecule has 2 aliphatic rings. The van der Waals surface area contributed by atoms with Gasteiger partial charge < -0.3 is 0 Å². The summed E-state index contributed by atoms with van der Waals surface area (Å²) in [5.74, 6) is 0. The van der Waals surface area contributed by atoms with Gasteiger partial charge in [0.15, 0.2) is 0 Å². The number of rotatable bonds is 3. The molecule has 1 fully saturated rings. The minimum Gasteiger partial charge on any atom is -0.293 e. The average molecular weight is 377 g/mol. The molecule has 132 valence electrons. The molecule has 2 heterocycles. The predicted octanol–water partition coefficient (Wildman–Crippen LogP) is 3.08. The summed E-state index contributed by atoms with van der Waals surface area (Å²) in [6.45, 7) is 4.81. The van der Waals surface area contributed by atoms with Crippen LogP contribution >= 0.6 is 11.6 Å². The molecule has 25 heavy (non-hydrogen) atoms. The third kappa shape index (κ3) is 3.10. The first-order valence-electron chi connectivity index (χ1n) is 8.52. The lowest BCUT2D eigenvalue weighted by atomic mass is 9.97. The SMILES string of the molecule is Cc1ccc(Cl)cc1S(=O)(=O)N1CC(N2CCc3ccccc3C2)C1. The molecule has 0 bridgehead atoms. The molecule has 4 rings (SSSR count). The summed E-state index contributed by atoms with van der Waals surface area (Å²) in [5, 5.41) is 0.453. The van der Waals surface area contributed by atoms with Crippen LogP contribution in [0.4, 0.5) is 0 Å². The van der Waals surface area contributed by atoms with Crippen molar-refractivity contribution in [3.8, 4) is 0 Å². The normalized spacial score (nSPS) is 19.4. The van der Waals surface area contributed by atoms with Gasteiger partial charge in [-0.25, -0.2) is 8.42 Å². The Labute approximate surface area is 154 Å². The number of sulfonamides is 1. The van der Waals surface area contributed by atoms with E-state index in [-0.39, 0.29) is 0 Å². The molecule has 2 aliphatic heterocycles. The minimum absolute atomic E-state index is 0.294. The summed E-state index contributed by atoms with van der Waals surface area (Å²) in [5.41, 5.74) is 3.51.